The van der Waals surface area contributed by atoms with Crippen molar-refractivity contribution in [3.8, 4) is 0 Å². The van der Waals surface area contributed by atoms with E-state index >= 15 is 0 Å². The molecule has 0 saturated carbocycles. The predicted octanol–water partition coefficient (Wildman–Crippen LogP) is 3.72. The van der Waals surface area contributed by atoms with Crippen LogP contribution in [-0.2, 0) is 4.79 Å². The third-order valence-corrected chi connectivity index (χ3v) is 4.45. The number of nitrogens with zero attached hydrogens (tertiary/aromatic N) is 1. The first-order valence-electron chi connectivity index (χ1n) is 8.25. The molecule has 1 aliphatic rings. The quantitative estimate of drug-likeness (QED) is 0.896. The predicted molar refractivity (Wildman–Crippen MR) is 94.7 cm³/mol. The topological polar surface area (TPSA) is 32.3 Å². The number of hydrogen-bond donors (Lipinski definition) is 1. The molecule has 1 aromatic rings. The Morgan fingerprint density at radius 2 is 1.82 bits per heavy atom. The Kier molecular flexibility index (Phi) is 8.69. The van der Waals surface area contributed by atoms with Crippen LogP contribution in [-0.4, -0.2) is 43.4 Å². The van der Waals surface area contributed by atoms with Crippen LogP contribution in [0.3, 0.4) is 0 Å². The summed E-state index contributed by atoms with van der Waals surface area (Å²) in [5.74, 6) is 0.182. The molecule has 0 bridgehead atoms. The zero-order valence-corrected chi connectivity index (χ0v) is 15.0. The average Bonchev–Trinajstić information content (AvgIpc) is 2.56. The van der Waals surface area contributed by atoms with Crippen LogP contribution >= 0.6 is 11.6 Å². The van der Waals surface area contributed by atoms with Gasteiger partial charge in [-0.1, -0.05) is 37.6 Å². The maximum atomic E-state index is 12.0. The third kappa shape index (κ3) is 5.71. The van der Waals surface area contributed by atoms with Crippen molar-refractivity contribution in [1.29, 1.82) is 0 Å². The van der Waals surface area contributed by atoms with Crippen LogP contribution in [0.2, 0.25) is 5.02 Å². The second kappa shape index (κ2) is 9.98. The largest absolute Gasteiger partial charge is 0.317 e. The molecule has 1 fully saturated rings. The van der Waals surface area contributed by atoms with Gasteiger partial charge >= 0.3 is 0 Å². The summed E-state index contributed by atoms with van der Waals surface area (Å²) >= 11 is 5.92. The third-order valence-electron chi connectivity index (χ3n) is 4.20. The van der Waals surface area contributed by atoms with E-state index in [0.717, 1.165) is 38.0 Å². The van der Waals surface area contributed by atoms with Crippen molar-refractivity contribution in [3.05, 3.63) is 34.9 Å². The van der Waals surface area contributed by atoms with E-state index in [2.05, 4.69) is 10.2 Å². The first kappa shape index (κ1) is 19.1. The number of piperidine rings is 1. The smallest absolute Gasteiger partial charge is 0.138 e. The lowest BCUT2D eigenvalue weighted by Crippen LogP contribution is -2.43. The monoisotopic (exact) mass is 324 g/mol. The van der Waals surface area contributed by atoms with E-state index in [1.807, 2.05) is 45.2 Å². The van der Waals surface area contributed by atoms with Gasteiger partial charge in [0.05, 0.1) is 5.92 Å². The molecule has 1 atom stereocenters. The Hall–Kier alpha value is -0.900. The first-order chi connectivity index (χ1) is 10.6. The maximum Gasteiger partial charge on any atom is 0.138 e. The van der Waals surface area contributed by atoms with E-state index in [9.17, 15) is 4.79 Å². The van der Waals surface area contributed by atoms with Gasteiger partial charge in [0.15, 0.2) is 0 Å². The molecule has 22 heavy (non-hydrogen) atoms. The number of hydrogen-bond acceptors (Lipinski definition) is 3. The Morgan fingerprint density at radius 3 is 2.27 bits per heavy atom. The fourth-order valence-corrected chi connectivity index (χ4v) is 2.95. The molecule has 0 aliphatic carbocycles. The Balaban J connectivity index is 0.00000116. The van der Waals surface area contributed by atoms with Crippen molar-refractivity contribution < 1.29 is 4.79 Å². The summed E-state index contributed by atoms with van der Waals surface area (Å²) in [5, 5.41) is 4.04. The summed E-state index contributed by atoms with van der Waals surface area (Å²) in [7, 11) is 2.02. The van der Waals surface area contributed by atoms with Crippen LogP contribution in [0, 0.1) is 0 Å². The summed E-state index contributed by atoms with van der Waals surface area (Å²) in [6, 6.07) is 8.28. The van der Waals surface area contributed by atoms with E-state index in [4.69, 9.17) is 11.6 Å². The highest BCUT2D eigenvalue weighted by molar-refractivity contribution is 6.30. The summed E-state index contributed by atoms with van der Waals surface area (Å²) in [4.78, 5) is 14.3. The van der Waals surface area contributed by atoms with Crippen LogP contribution < -0.4 is 5.32 Å². The van der Waals surface area contributed by atoms with Gasteiger partial charge in [0, 0.05) is 17.6 Å². The molecular weight excluding hydrogens is 296 g/mol. The van der Waals surface area contributed by atoms with E-state index < -0.39 is 0 Å². The number of benzene rings is 1. The zero-order chi connectivity index (χ0) is 16.5. The van der Waals surface area contributed by atoms with Crippen molar-refractivity contribution in [1.82, 2.24) is 10.2 Å². The molecular formula is C18H29ClN2O. The highest BCUT2D eigenvalue weighted by atomic mass is 35.5. The summed E-state index contributed by atoms with van der Waals surface area (Å²) in [6.07, 6.45) is 2.31. The van der Waals surface area contributed by atoms with Gasteiger partial charge in [-0.15, -0.1) is 0 Å². The number of ketones is 1. The number of halogens is 1. The fourth-order valence-electron chi connectivity index (χ4n) is 2.83. The molecule has 0 aromatic heterocycles. The number of Topliss-reactive ketones (excluding diaryl/α,β-unsaturated/α-hetero) is 1. The highest BCUT2D eigenvalue weighted by Crippen LogP contribution is 2.22. The normalized spacial score (nSPS) is 17.5. The lowest BCUT2D eigenvalue weighted by Gasteiger charge is -2.33. The van der Waals surface area contributed by atoms with E-state index in [1.54, 1.807) is 6.92 Å². The molecule has 4 heteroatoms. The van der Waals surface area contributed by atoms with Crippen LogP contribution in [0.25, 0.3) is 0 Å². The first-order valence-corrected chi connectivity index (χ1v) is 8.63. The molecule has 2 rings (SSSR count). The van der Waals surface area contributed by atoms with Gasteiger partial charge in [-0.05, 0) is 57.6 Å². The number of carbonyl (C=O) groups excluding carboxylic acids is 1. The van der Waals surface area contributed by atoms with Crippen molar-refractivity contribution in [2.24, 2.45) is 0 Å². The average molecular weight is 325 g/mol. The lowest BCUT2D eigenvalue weighted by atomic mass is 9.93. The van der Waals surface area contributed by atoms with Gasteiger partial charge in [0.25, 0.3) is 0 Å². The number of nitrogens with one attached hydrogen (secondary N) is 1. The second-order valence-electron chi connectivity index (χ2n) is 5.58. The van der Waals surface area contributed by atoms with Gasteiger partial charge in [-0.3, -0.25) is 4.79 Å². The van der Waals surface area contributed by atoms with Gasteiger partial charge in [0.1, 0.15) is 5.78 Å². The molecule has 0 amide bonds. The van der Waals surface area contributed by atoms with E-state index in [-0.39, 0.29) is 11.7 Å². The minimum atomic E-state index is -0.0431. The van der Waals surface area contributed by atoms with Crippen LogP contribution in [0.4, 0.5) is 0 Å². The number of likely N-dealkylation sites (tertiary alicyclic amines) is 1. The molecule has 1 heterocycles. The Labute approximate surface area is 140 Å². The van der Waals surface area contributed by atoms with Gasteiger partial charge in [-0.25, -0.2) is 0 Å². The van der Waals surface area contributed by atoms with Crippen LogP contribution in [0.1, 0.15) is 45.1 Å². The molecule has 1 saturated heterocycles. The minimum Gasteiger partial charge on any atom is -0.317 e. The zero-order valence-electron chi connectivity index (χ0n) is 14.2. The SMILES string of the molecule is CC.CNC1CCN(CC(C(C)=O)c2ccc(Cl)cc2)CC1. The van der Waals surface area contributed by atoms with Crippen LogP contribution in [0.5, 0.6) is 0 Å². The Bertz CT molecular complexity index is 439. The van der Waals surface area contributed by atoms with E-state index in [0.29, 0.717) is 11.1 Å². The molecule has 0 spiro atoms. The fraction of sp³-hybridized carbons (Fsp3) is 0.611. The number of carbonyl (C=O) groups is 1. The van der Waals surface area contributed by atoms with Gasteiger partial charge in [0.2, 0.25) is 0 Å². The molecule has 124 valence electrons. The van der Waals surface area contributed by atoms with Gasteiger partial charge in [-0.2, -0.15) is 0 Å². The van der Waals surface area contributed by atoms with Crippen molar-refractivity contribution in [2.75, 3.05) is 26.7 Å². The number of rotatable bonds is 5. The summed E-state index contributed by atoms with van der Waals surface area (Å²) < 4.78 is 0. The van der Waals surface area contributed by atoms with E-state index in [1.165, 1.54) is 0 Å². The van der Waals surface area contributed by atoms with Crippen LogP contribution in [0.15, 0.2) is 24.3 Å². The summed E-state index contributed by atoms with van der Waals surface area (Å²) in [6.45, 7) is 8.61. The molecule has 1 aromatic carbocycles. The molecule has 1 aliphatic heterocycles. The van der Waals surface area contributed by atoms with Gasteiger partial charge < -0.3 is 10.2 Å². The van der Waals surface area contributed by atoms with Crippen molar-refractivity contribution in [3.63, 3.8) is 0 Å². The molecule has 1 unspecified atom stereocenters. The minimum absolute atomic E-state index is 0.0431. The lowest BCUT2D eigenvalue weighted by molar-refractivity contribution is -0.118. The van der Waals surface area contributed by atoms with Crippen molar-refractivity contribution in [2.45, 2.75) is 45.6 Å². The Morgan fingerprint density at radius 1 is 1.27 bits per heavy atom. The summed E-state index contributed by atoms with van der Waals surface area (Å²) in [5.41, 5.74) is 1.07. The molecule has 3 nitrogen and oxygen atoms in total. The standard InChI is InChI=1S/C16H23ClN2O.C2H6/c1-12(20)16(13-3-5-14(17)6-4-13)11-19-9-7-15(18-2)8-10-19;1-2/h3-6,15-16,18H,7-11H2,1-2H3;1-2H3. The maximum absolute atomic E-state index is 12.0. The highest BCUT2D eigenvalue weighted by Gasteiger charge is 2.24. The van der Waals surface area contributed by atoms with Crippen molar-refractivity contribution >= 4 is 17.4 Å². The molecule has 1 N–H and O–H groups in total. The second-order valence-corrected chi connectivity index (χ2v) is 6.01. The molecule has 0 radical (unpaired) electrons.